The summed E-state index contributed by atoms with van der Waals surface area (Å²) in [6.45, 7) is 2.28. The highest BCUT2D eigenvalue weighted by molar-refractivity contribution is 7.89. The summed E-state index contributed by atoms with van der Waals surface area (Å²) in [4.78, 5) is 12.7. The number of rotatable bonds is 5. The van der Waals surface area contributed by atoms with Crippen LogP contribution in [0.25, 0.3) is 0 Å². The van der Waals surface area contributed by atoms with Crippen LogP contribution in [0.5, 0.6) is 5.75 Å². The number of aryl methyl sites for hydroxylation is 1. The maximum Gasteiger partial charge on any atom is 0.243 e. The van der Waals surface area contributed by atoms with Gasteiger partial charge in [0.1, 0.15) is 11.6 Å². The number of amides is 1. The van der Waals surface area contributed by atoms with E-state index in [9.17, 15) is 17.6 Å². The Balaban J connectivity index is 1.64. The maximum atomic E-state index is 13.2. The SMILES string of the molecule is COc1ccc(S(=O)(=O)N2CCC(C(=O)Nc3ccc(F)c(Cl)c3)CC2)cc1C. The van der Waals surface area contributed by atoms with Crippen molar-refractivity contribution in [1.82, 2.24) is 4.31 Å². The van der Waals surface area contributed by atoms with Gasteiger partial charge in [-0.3, -0.25) is 4.79 Å². The molecule has 1 N–H and O–H groups in total. The highest BCUT2D eigenvalue weighted by atomic mass is 35.5. The van der Waals surface area contributed by atoms with Crippen molar-refractivity contribution in [1.29, 1.82) is 0 Å². The zero-order chi connectivity index (χ0) is 21.2. The summed E-state index contributed by atoms with van der Waals surface area (Å²) in [6.07, 6.45) is 0.796. The molecule has 3 rings (SSSR count). The maximum absolute atomic E-state index is 13.2. The van der Waals surface area contributed by atoms with Crippen molar-refractivity contribution in [3.8, 4) is 5.75 Å². The predicted octanol–water partition coefficient (Wildman–Crippen LogP) is 3.84. The Bertz CT molecular complexity index is 1020. The Morgan fingerprint density at radius 3 is 2.48 bits per heavy atom. The normalized spacial score (nSPS) is 15.9. The smallest absolute Gasteiger partial charge is 0.243 e. The molecule has 0 bridgehead atoms. The molecule has 0 unspecified atom stereocenters. The number of hydrogen-bond donors (Lipinski definition) is 1. The molecule has 0 radical (unpaired) electrons. The van der Waals surface area contributed by atoms with E-state index in [0.29, 0.717) is 24.3 Å². The van der Waals surface area contributed by atoms with Gasteiger partial charge in [0, 0.05) is 24.7 Å². The third-order valence-corrected chi connectivity index (χ3v) is 7.20. The van der Waals surface area contributed by atoms with E-state index in [1.54, 1.807) is 19.1 Å². The number of nitrogens with one attached hydrogen (secondary N) is 1. The summed E-state index contributed by atoms with van der Waals surface area (Å²) >= 11 is 5.73. The molecular weight excluding hydrogens is 419 g/mol. The Morgan fingerprint density at radius 1 is 1.21 bits per heavy atom. The number of carbonyl (C=O) groups is 1. The summed E-state index contributed by atoms with van der Waals surface area (Å²) < 4.78 is 45.6. The van der Waals surface area contributed by atoms with Gasteiger partial charge in [-0.1, -0.05) is 11.6 Å². The van der Waals surface area contributed by atoms with Gasteiger partial charge in [0.25, 0.3) is 0 Å². The summed E-state index contributed by atoms with van der Waals surface area (Å²) in [5, 5.41) is 2.64. The highest BCUT2D eigenvalue weighted by Gasteiger charge is 2.32. The summed E-state index contributed by atoms with van der Waals surface area (Å²) in [7, 11) is -2.11. The van der Waals surface area contributed by atoms with E-state index < -0.39 is 15.8 Å². The van der Waals surface area contributed by atoms with Gasteiger partial charge in [0.2, 0.25) is 15.9 Å². The molecule has 0 aromatic heterocycles. The minimum Gasteiger partial charge on any atom is -0.496 e. The van der Waals surface area contributed by atoms with Gasteiger partial charge in [-0.25, -0.2) is 12.8 Å². The average Bonchev–Trinajstić information content (AvgIpc) is 2.70. The van der Waals surface area contributed by atoms with Crippen molar-refractivity contribution < 1.29 is 22.3 Å². The first-order valence-corrected chi connectivity index (χ1v) is 10.9. The molecule has 0 atom stereocenters. The van der Waals surface area contributed by atoms with Crippen LogP contribution in [0.1, 0.15) is 18.4 Å². The van der Waals surface area contributed by atoms with E-state index >= 15 is 0 Å². The van der Waals surface area contributed by atoms with Gasteiger partial charge in [-0.2, -0.15) is 4.31 Å². The fourth-order valence-electron chi connectivity index (χ4n) is 3.34. The Kier molecular flexibility index (Phi) is 6.45. The Morgan fingerprint density at radius 2 is 1.90 bits per heavy atom. The average molecular weight is 441 g/mol. The molecule has 1 heterocycles. The molecule has 6 nitrogen and oxygen atoms in total. The second-order valence-corrected chi connectivity index (χ2v) is 9.27. The lowest BCUT2D eigenvalue weighted by atomic mass is 9.97. The Labute approximate surface area is 174 Å². The standard InChI is InChI=1S/C20H22ClFN2O4S/c1-13-11-16(4-6-19(13)28-2)29(26,27)24-9-7-14(8-10-24)20(25)23-15-3-5-18(22)17(21)12-15/h3-6,11-12,14H,7-10H2,1-2H3,(H,23,25). The number of sulfonamides is 1. The van der Waals surface area contributed by atoms with E-state index in [2.05, 4.69) is 5.32 Å². The summed E-state index contributed by atoms with van der Waals surface area (Å²) in [5.41, 5.74) is 1.14. The predicted molar refractivity (Wildman–Crippen MR) is 109 cm³/mol. The number of piperidine rings is 1. The van der Waals surface area contributed by atoms with Gasteiger partial charge in [0.05, 0.1) is 17.0 Å². The molecule has 2 aromatic carbocycles. The third kappa shape index (κ3) is 4.71. The van der Waals surface area contributed by atoms with Gasteiger partial charge in [0.15, 0.2) is 0 Å². The van der Waals surface area contributed by atoms with Gasteiger partial charge < -0.3 is 10.1 Å². The van der Waals surface area contributed by atoms with Crippen LogP contribution in [0.3, 0.4) is 0 Å². The zero-order valence-corrected chi connectivity index (χ0v) is 17.7. The summed E-state index contributed by atoms with van der Waals surface area (Å²) in [6, 6.07) is 8.72. The first-order chi connectivity index (χ1) is 13.7. The van der Waals surface area contributed by atoms with Crippen molar-refractivity contribution in [3.05, 3.63) is 52.8 Å². The van der Waals surface area contributed by atoms with Crippen LogP contribution < -0.4 is 10.1 Å². The zero-order valence-electron chi connectivity index (χ0n) is 16.1. The van der Waals surface area contributed by atoms with Crippen LogP contribution in [0, 0.1) is 18.7 Å². The van der Waals surface area contributed by atoms with E-state index in [4.69, 9.17) is 16.3 Å². The minimum atomic E-state index is -3.64. The molecule has 29 heavy (non-hydrogen) atoms. The van der Waals surface area contributed by atoms with Crippen LogP contribution in [0.4, 0.5) is 10.1 Å². The molecule has 1 aliphatic heterocycles. The van der Waals surface area contributed by atoms with E-state index in [1.165, 1.54) is 35.7 Å². The number of halogens is 2. The molecule has 1 aliphatic rings. The molecule has 1 fully saturated rings. The molecule has 0 spiro atoms. The highest BCUT2D eigenvalue weighted by Crippen LogP contribution is 2.28. The molecule has 2 aromatic rings. The van der Waals surface area contributed by atoms with Crippen molar-refractivity contribution in [2.24, 2.45) is 5.92 Å². The molecule has 0 aliphatic carbocycles. The van der Waals surface area contributed by atoms with E-state index in [1.807, 2.05) is 0 Å². The lowest BCUT2D eigenvalue weighted by molar-refractivity contribution is -0.120. The number of ether oxygens (including phenoxy) is 1. The largest absolute Gasteiger partial charge is 0.496 e. The van der Waals surface area contributed by atoms with Gasteiger partial charge in [-0.15, -0.1) is 0 Å². The van der Waals surface area contributed by atoms with Crippen molar-refractivity contribution in [2.45, 2.75) is 24.7 Å². The first kappa shape index (κ1) is 21.5. The third-order valence-electron chi connectivity index (χ3n) is 5.02. The van der Waals surface area contributed by atoms with Crippen molar-refractivity contribution in [2.75, 3.05) is 25.5 Å². The lowest BCUT2D eigenvalue weighted by Gasteiger charge is -2.30. The van der Waals surface area contributed by atoms with Crippen LogP contribution in [0.2, 0.25) is 5.02 Å². The first-order valence-electron chi connectivity index (χ1n) is 9.13. The van der Waals surface area contributed by atoms with Crippen LogP contribution >= 0.6 is 11.6 Å². The molecule has 156 valence electrons. The van der Waals surface area contributed by atoms with E-state index in [0.717, 1.165) is 5.56 Å². The molecule has 1 amide bonds. The number of nitrogens with zero attached hydrogens (tertiary/aromatic N) is 1. The monoisotopic (exact) mass is 440 g/mol. The molecule has 0 saturated carbocycles. The van der Waals surface area contributed by atoms with E-state index in [-0.39, 0.29) is 34.8 Å². The van der Waals surface area contributed by atoms with Crippen molar-refractivity contribution in [3.63, 3.8) is 0 Å². The second kappa shape index (κ2) is 8.69. The molecule has 1 saturated heterocycles. The van der Waals surface area contributed by atoms with Gasteiger partial charge in [-0.05, 0) is 61.7 Å². The quantitative estimate of drug-likeness (QED) is 0.766. The molecule has 9 heteroatoms. The summed E-state index contributed by atoms with van der Waals surface area (Å²) in [5.74, 6) is -0.495. The minimum absolute atomic E-state index is 0.0708. The van der Waals surface area contributed by atoms with Crippen LogP contribution in [-0.4, -0.2) is 38.8 Å². The topological polar surface area (TPSA) is 75.7 Å². The fraction of sp³-hybridized carbons (Fsp3) is 0.350. The number of carbonyl (C=O) groups excluding carboxylic acids is 1. The number of benzene rings is 2. The fourth-order valence-corrected chi connectivity index (χ4v) is 5.07. The lowest BCUT2D eigenvalue weighted by Crippen LogP contribution is -2.41. The van der Waals surface area contributed by atoms with Crippen LogP contribution in [0.15, 0.2) is 41.3 Å². The van der Waals surface area contributed by atoms with Gasteiger partial charge >= 0.3 is 0 Å². The number of anilines is 1. The number of methoxy groups -OCH3 is 1. The number of hydrogen-bond acceptors (Lipinski definition) is 4. The molecular formula is C20H22ClFN2O4S. The van der Waals surface area contributed by atoms with Crippen LogP contribution in [-0.2, 0) is 14.8 Å². The Hall–Kier alpha value is -2.16. The second-order valence-electron chi connectivity index (χ2n) is 6.93. The van der Waals surface area contributed by atoms with Crippen molar-refractivity contribution >= 4 is 33.2 Å².